The largest absolute Gasteiger partial charge is 0.355 e. The van der Waals surface area contributed by atoms with Crippen LogP contribution in [0.4, 0.5) is 0 Å². The van der Waals surface area contributed by atoms with Crippen molar-refractivity contribution in [2.75, 3.05) is 19.8 Å². The Labute approximate surface area is 150 Å². The predicted octanol–water partition coefficient (Wildman–Crippen LogP) is 2.10. The van der Waals surface area contributed by atoms with Crippen LogP contribution in [-0.2, 0) is 16.4 Å². The van der Waals surface area contributed by atoms with Crippen molar-refractivity contribution < 1.29 is 8.42 Å². The van der Waals surface area contributed by atoms with Crippen LogP contribution in [0, 0.1) is 6.92 Å². The van der Waals surface area contributed by atoms with Gasteiger partial charge in [0.25, 0.3) is 0 Å². The molecule has 0 aliphatic carbocycles. The molecule has 1 aromatic rings. The van der Waals surface area contributed by atoms with Gasteiger partial charge in [0.15, 0.2) is 15.8 Å². The number of hydrogen-bond donors (Lipinski definition) is 2. The second-order valence-corrected chi connectivity index (χ2v) is 8.45. The SMILES string of the molecule is CN=C(NCc1ccc(C)cc1)NCC(C)(C)S(C)(=O)=O.I. The molecule has 1 rings (SSSR count). The van der Waals surface area contributed by atoms with Gasteiger partial charge in [0.1, 0.15) is 0 Å². The molecule has 7 heteroatoms. The number of hydrogen-bond acceptors (Lipinski definition) is 3. The summed E-state index contributed by atoms with van der Waals surface area (Å²) in [6.45, 7) is 6.38. The van der Waals surface area contributed by atoms with E-state index in [1.807, 2.05) is 6.92 Å². The molecule has 0 saturated carbocycles. The zero-order valence-electron chi connectivity index (χ0n) is 13.8. The fourth-order valence-corrected chi connectivity index (χ4v) is 1.87. The highest BCUT2D eigenvalue weighted by Gasteiger charge is 2.30. The molecule has 5 nitrogen and oxygen atoms in total. The van der Waals surface area contributed by atoms with E-state index in [1.54, 1.807) is 20.9 Å². The Morgan fingerprint density at radius 1 is 1.18 bits per heavy atom. The van der Waals surface area contributed by atoms with Crippen LogP contribution in [0.3, 0.4) is 0 Å². The molecule has 0 aromatic heterocycles. The Morgan fingerprint density at radius 2 is 1.73 bits per heavy atom. The van der Waals surface area contributed by atoms with Gasteiger partial charge >= 0.3 is 0 Å². The summed E-state index contributed by atoms with van der Waals surface area (Å²) in [6.07, 6.45) is 1.25. The van der Waals surface area contributed by atoms with E-state index in [1.165, 1.54) is 11.8 Å². The normalized spacial score (nSPS) is 12.5. The Balaban J connectivity index is 0.00000441. The van der Waals surface area contributed by atoms with Gasteiger partial charge in [-0.3, -0.25) is 4.99 Å². The second kappa shape index (κ2) is 8.71. The van der Waals surface area contributed by atoms with Crippen molar-refractivity contribution in [1.82, 2.24) is 10.6 Å². The van der Waals surface area contributed by atoms with Crippen LogP contribution in [0.25, 0.3) is 0 Å². The number of sulfone groups is 1. The summed E-state index contributed by atoms with van der Waals surface area (Å²) in [4.78, 5) is 4.11. The minimum Gasteiger partial charge on any atom is -0.355 e. The summed E-state index contributed by atoms with van der Waals surface area (Å²) >= 11 is 0. The maximum absolute atomic E-state index is 11.7. The van der Waals surface area contributed by atoms with Crippen LogP contribution in [0.15, 0.2) is 29.3 Å². The highest BCUT2D eigenvalue weighted by Crippen LogP contribution is 2.13. The molecule has 0 spiro atoms. The number of aryl methyl sites for hydroxylation is 1. The van der Waals surface area contributed by atoms with Crippen LogP contribution in [-0.4, -0.2) is 39.0 Å². The molecule has 1 aromatic carbocycles. The van der Waals surface area contributed by atoms with Crippen molar-refractivity contribution in [3.05, 3.63) is 35.4 Å². The molecule has 0 aliphatic rings. The molecule has 0 amide bonds. The molecule has 0 fully saturated rings. The van der Waals surface area contributed by atoms with Crippen LogP contribution in [0.1, 0.15) is 25.0 Å². The lowest BCUT2D eigenvalue weighted by Crippen LogP contribution is -2.47. The number of nitrogens with zero attached hydrogens (tertiary/aromatic N) is 1. The van der Waals surface area contributed by atoms with Crippen LogP contribution in [0.2, 0.25) is 0 Å². The minimum absolute atomic E-state index is 0. The third-order valence-corrected chi connectivity index (χ3v) is 5.64. The van der Waals surface area contributed by atoms with E-state index in [4.69, 9.17) is 0 Å². The molecule has 0 heterocycles. The third-order valence-electron chi connectivity index (χ3n) is 3.49. The van der Waals surface area contributed by atoms with Gasteiger partial charge in [-0.05, 0) is 26.3 Å². The standard InChI is InChI=1S/C15H25N3O2S.HI/c1-12-6-8-13(9-7-12)10-17-14(16-4)18-11-15(2,3)21(5,19)20;/h6-9H,10-11H2,1-5H3,(H2,16,17,18);1H. The topological polar surface area (TPSA) is 70.6 Å². The van der Waals surface area contributed by atoms with Crippen molar-refractivity contribution in [3.8, 4) is 0 Å². The van der Waals surface area contributed by atoms with Gasteiger partial charge in [0.05, 0.1) is 4.75 Å². The van der Waals surface area contributed by atoms with Gasteiger partial charge in [0, 0.05) is 26.4 Å². The van der Waals surface area contributed by atoms with Crippen molar-refractivity contribution >= 4 is 39.8 Å². The fourth-order valence-electron chi connectivity index (χ4n) is 1.54. The van der Waals surface area contributed by atoms with Gasteiger partial charge in [-0.1, -0.05) is 29.8 Å². The smallest absolute Gasteiger partial charge is 0.191 e. The van der Waals surface area contributed by atoms with Gasteiger partial charge < -0.3 is 10.6 Å². The summed E-state index contributed by atoms with van der Waals surface area (Å²) in [5, 5.41) is 6.23. The monoisotopic (exact) mass is 439 g/mol. The number of rotatable bonds is 5. The molecule has 2 N–H and O–H groups in total. The van der Waals surface area contributed by atoms with E-state index in [0.29, 0.717) is 19.0 Å². The number of halogens is 1. The first kappa shape index (κ1) is 21.2. The van der Waals surface area contributed by atoms with E-state index < -0.39 is 14.6 Å². The summed E-state index contributed by atoms with van der Waals surface area (Å²) in [7, 11) is -1.46. The lowest BCUT2D eigenvalue weighted by atomic mass is 10.1. The van der Waals surface area contributed by atoms with Crippen molar-refractivity contribution in [3.63, 3.8) is 0 Å². The van der Waals surface area contributed by atoms with Crippen molar-refractivity contribution in [1.29, 1.82) is 0 Å². The number of guanidine groups is 1. The number of nitrogens with one attached hydrogen (secondary N) is 2. The van der Waals surface area contributed by atoms with Gasteiger partial charge in [-0.15, -0.1) is 24.0 Å². The van der Waals surface area contributed by atoms with Gasteiger partial charge in [-0.2, -0.15) is 0 Å². The zero-order valence-corrected chi connectivity index (χ0v) is 17.0. The predicted molar refractivity (Wildman–Crippen MR) is 104 cm³/mol. The Morgan fingerprint density at radius 3 is 2.18 bits per heavy atom. The Kier molecular flexibility index (Phi) is 8.38. The van der Waals surface area contributed by atoms with E-state index in [-0.39, 0.29) is 24.0 Å². The van der Waals surface area contributed by atoms with Crippen molar-refractivity contribution in [2.45, 2.75) is 32.1 Å². The lowest BCUT2D eigenvalue weighted by Gasteiger charge is -2.24. The summed E-state index contributed by atoms with van der Waals surface area (Å²) in [5.41, 5.74) is 2.36. The fraction of sp³-hybridized carbons (Fsp3) is 0.533. The lowest BCUT2D eigenvalue weighted by molar-refractivity contribution is 0.544. The summed E-state index contributed by atoms with van der Waals surface area (Å²) < 4.78 is 22.5. The first-order valence-electron chi connectivity index (χ1n) is 6.85. The van der Waals surface area contributed by atoms with E-state index in [2.05, 4.69) is 39.9 Å². The van der Waals surface area contributed by atoms with E-state index >= 15 is 0 Å². The second-order valence-electron chi connectivity index (χ2n) is 5.80. The summed E-state index contributed by atoms with van der Waals surface area (Å²) in [6, 6.07) is 8.21. The third kappa shape index (κ3) is 6.51. The molecule has 0 bridgehead atoms. The average Bonchev–Trinajstić information content (AvgIpc) is 2.39. The quantitative estimate of drug-likeness (QED) is 0.419. The first-order valence-corrected chi connectivity index (χ1v) is 8.74. The molecule has 0 aliphatic heterocycles. The van der Waals surface area contributed by atoms with E-state index in [9.17, 15) is 8.42 Å². The van der Waals surface area contributed by atoms with Crippen LogP contribution >= 0.6 is 24.0 Å². The first-order chi connectivity index (χ1) is 9.65. The minimum atomic E-state index is -3.12. The summed E-state index contributed by atoms with van der Waals surface area (Å²) in [5.74, 6) is 0.590. The number of benzene rings is 1. The van der Waals surface area contributed by atoms with Crippen LogP contribution in [0.5, 0.6) is 0 Å². The van der Waals surface area contributed by atoms with Gasteiger partial charge in [-0.25, -0.2) is 8.42 Å². The molecule has 126 valence electrons. The number of aliphatic imine (C=N–C) groups is 1. The van der Waals surface area contributed by atoms with Gasteiger partial charge in [0.2, 0.25) is 0 Å². The molecule has 0 saturated heterocycles. The average molecular weight is 439 g/mol. The maximum atomic E-state index is 11.7. The molecular weight excluding hydrogens is 413 g/mol. The Hall–Kier alpha value is -0.830. The zero-order chi connectivity index (χ0) is 16.1. The molecule has 0 unspecified atom stereocenters. The highest BCUT2D eigenvalue weighted by atomic mass is 127. The Bertz CT molecular complexity index is 596. The maximum Gasteiger partial charge on any atom is 0.191 e. The molecule has 0 atom stereocenters. The van der Waals surface area contributed by atoms with Crippen molar-refractivity contribution in [2.24, 2.45) is 4.99 Å². The van der Waals surface area contributed by atoms with E-state index in [0.717, 1.165) is 5.56 Å². The molecular formula is C15H26IN3O2S. The highest BCUT2D eigenvalue weighted by molar-refractivity contribution is 14.0. The van der Waals surface area contributed by atoms with Crippen LogP contribution < -0.4 is 10.6 Å². The molecule has 0 radical (unpaired) electrons. The molecule has 22 heavy (non-hydrogen) atoms.